The number of amides is 2. The number of nitrogens with zero attached hydrogens (tertiary/aromatic N) is 1. The fourth-order valence-corrected chi connectivity index (χ4v) is 4.52. The second-order valence-electron chi connectivity index (χ2n) is 6.59. The molecule has 0 spiro atoms. The summed E-state index contributed by atoms with van der Waals surface area (Å²) in [7, 11) is -2.21. The van der Waals surface area contributed by atoms with Crippen molar-refractivity contribution in [3.63, 3.8) is 0 Å². The Kier molecular flexibility index (Phi) is 3.84. The lowest BCUT2D eigenvalue weighted by Crippen LogP contribution is -2.26. The van der Waals surface area contributed by atoms with Gasteiger partial charge in [0.1, 0.15) is 5.75 Å². The second-order valence-corrected chi connectivity index (χ2v) is 8.24. The first kappa shape index (κ1) is 17.3. The number of benzene rings is 2. The van der Waals surface area contributed by atoms with Crippen LogP contribution < -0.4 is 14.8 Å². The van der Waals surface area contributed by atoms with E-state index in [4.69, 9.17) is 4.74 Å². The smallest absolute Gasteiger partial charge is 0.262 e. The summed E-state index contributed by atoms with van der Waals surface area (Å²) < 4.78 is 33.6. The Morgan fingerprint density at radius 1 is 1.19 bits per heavy atom. The molecule has 2 aliphatic heterocycles. The van der Waals surface area contributed by atoms with Crippen molar-refractivity contribution in [2.75, 3.05) is 23.7 Å². The van der Waals surface area contributed by atoms with Crippen LogP contribution in [0.5, 0.6) is 5.75 Å². The molecule has 0 unspecified atom stereocenters. The number of carbonyl (C=O) groups excluding carboxylic acids is 2. The molecule has 0 aliphatic carbocycles. The highest BCUT2D eigenvalue weighted by Crippen LogP contribution is 2.34. The lowest BCUT2D eigenvalue weighted by Gasteiger charge is -2.20. The molecule has 140 valence electrons. The molecule has 2 aromatic carbocycles. The van der Waals surface area contributed by atoms with E-state index in [1.54, 1.807) is 43.1 Å². The lowest BCUT2D eigenvalue weighted by atomic mass is 10.1. The van der Waals surface area contributed by atoms with Crippen molar-refractivity contribution < 1.29 is 22.7 Å². The van der Waals surface area contributed by atoms with Crippen molar-refractivity contribution in [3.05, 3.63) is 47.0 Å². The molecule has 0 saturated carbocycles. The zero-order valence-electron chi connectivity index (χ0n) is 14.7. The van der Waals surface area contributed by atoms with E-state index in [0.717, 1.165) is 5.56 Å². The third-order valence-corrected chi connectivity index (χ3v) is 6.07. The van der Waals surface area contributed by atoms with Gasteiger partial charge in [0, 0.05) is 30.9 Å². The number of hydrogen-bond acceptors (Lipinski definition) is 5. The van der Waals surface area contributed by atoms with Gasteiger partial charge in [-0.05, 0) is 36.2 Å². The molecular formula is C18H17N3O5S. The molecule has 0 bridgehead atoms. The largest absolute Gasteiger partial charge is 0.482 e. The lowest BCUT2D eigenvalue weighted by molar-refractivity contribution is -0.118. The van der Waals surface area contributed by atoms with Crippen molar-refractivity contribution in [3.8, 4) is 5.75 Å². The van der Waals surface area contributed by atoms with E-state index in [2.05, 4.69) is 10.0 Å². The summed E-state index contributed by atoms with van der Waals surface area (Å²) >= 11 is 0. The summed E-state index contributed by atoms with van der Waals surface area (Å²) in [6.45, 7) is 1.98. The fraction of sp³-hybridized carbons (Fsp3) is 0.222. The predicted octanol–water partition coefficient (Wildman–Crippen LogP) is 1.71. The van der Waals surface area contributed by atoms with Gasteiger partial charge >= 0.3 is 0 Å². The van der Waals surface area contributed by atoms with Crippen molar-refractivity contribution in [1.29, 1.82) is 0 Å². The molecule has 27 heavy (non-hydrogen) atoms. The van der Waals surface area contributed by atoms with Crippen molar-refractivity contribution in [2.24, 2.45) is 0 Å². The van der Waals surface area contributed by atoms with Gasteiger partial charge in [0.2, 0.25) is 0 Å². The molecule has 2 aromatic rings. The topological polar surface area (TPSA) is 105 Å². The zero-order valence-corrected chi connectivity index (χ0v) is 15.5. The van der Waals surface area contributed by atoms with Crippen molar-refractivity contribution in [2.45, 2.75) is 18.4 Å². The Morgan fingerprint density at radius 3 is 2.74 bits per heavy atom. The van der Waals surface area contributed by atoms with Gasteiger partial charge < -0.3 is 15.0 Å². The van der Waals surface area contributed by atoms with Crippen LogP contribution in [0.1, 0.15) is 21.5 Å². The maximum absolute atomic E-state index is 12.9. The van der Waals surface area contributed by atoms with Crippen LogP contribution in [0.4, 0.5) is 11.4 Å². The monoisotopic (exact) mass is 387 g/mol. The number of sulfonamides is 1. The molecule has 0 fully saturated rings. The summed E-state index contributed by atoms with van der Waals surface area (Å²) in [5.41, 5.74) is 2.56. The van der Waals surface area contributed by atoms with Crippen LogP contribution in [0.25, 0.3) is 0 Å². The van der Waals surface area contributed by atoms with Crippen molar-refractivity contribution in [1.82, 2.24) is 4.90 Å². The van der Waals surface area contributed by atoms with Crippen LogP contribution in [-0.4, -0.2) is 38.8 Å². The van der Waals surface area contributed by atoms with E-state index in [0.29, 0.717) is 34.8 Å². The third kappa shape index (κ3) is 2.99. The van der Waals surface area contributed by atoms with Gasteiger partial charge in [-0.15, -0.1) is 0 Å². The molecule has 0 atom stereocenters. The number of nitrogens with one attached hydrogen (secondary N) is 2. The van der Waals surface area contributed by atoms with Crippen LogP contribution >= 0.6 is 0 Å². The van der Waals surface area contributed by atoms with E-state index in [9.17, 15) is 18.0 Å². The van der Waals surface area contributed by atoms with E-state index >= 15 is 0 Å². The average molecular weight is 387 g/mol. The second kappa shape index (κ2) is 5.98. The Morgan fingerprint density at radius 2 is 1.96 bits per heavy atom. The summed E-state index contributed by atoms with van der Waals surface area (Å²) in [6, 6.07) is 7.87. The minimum atomic E-state index is -3.91. The molecular weight excluding hydrogens is 370 g/mol. The first-order valence-corrected chi connectivity index (χ1v) is 9.71. The van der Waals surface area contributed by atoms with E-state index < -0.39 is 10.0 Å². The number of ether oxygens (including phenoxy) is 1. The Labute approximate surface area is 156 Å². The van der Waals surface area contributed by atoms with E-state index in [1.165, 1.54) is 6.07 Å². The predicted molar refractivity (Wildman–Crippen MR) is 98.4 cm³/mol. The first-order chi connectivity index (χ1) is 12.7. The number of rotatable bonds is 3. The standard InChI is InChI=1S/C18H17N3O5S/c1-10-5-14-15(26-9-17(22)19-14)7-16(10)27(24,25)20-12-4-3-11-8-21(2)18(23)13(11)6-12/h3-7,20H,8-9H2,1-2H3,(H,19,22). The normalized spacial score (nSPS) is 15.7. The highest BCUT2D eigenvalue weighted by Gasteiger charge is 2.27. The number of aryl methyl sites for hydroxylation is 1. The number of anilines is 2. The minimum Gasteiger partial charge on any atom is -0.482 e. The van der Waals surface area contributed by atoms with Crippen LogP contribution in [0.2, 0.25) is 0 Å². The summed E-state index contributed by atoms with van der Waals surface area (Å²) in [5.74, 6) is -0.130. The van der Waals surface area contributed by atoms with Gasteiger partial charge in [-0.3, -0.25) is 14.3 Å². The zero-order chi connectivity index (χ0) is 19.3. The maximum Gasteiger partial charge on any atom is 0.262 e. The first-order valence-electron chi connectivity index (χ1n) is 8.23. The van der Waals surface area contributed by atoms with Gasteiger partial charge in [-0.25, -0.2) is 8.42 Å². The number of carbonyl (C=O) groups is 2. The van der Waals surface area contributed by atoms with Gasteiger partial charge in [0.05, 0.1) is 10.6 Å². The van der Waals surface area contributed by atoms with Crippen molar-refractivity contribution >= 4 is 33.2 Å². The summed E-state index contributed by atoms with van der Waals surface area (Å²) in [4.78, 5) is 25.1. The van der Waals surface area contributed by atoms with Gasteiger partial charge in [0.15, 0.2) is 6.61 Å². The molecule has 0 saturated heterocycles. The highest BCUT2D eigenvalue weighted by molar-refractivity contribution is 7.92. The molecule has 4 rings (SSSR count). The maximum atomic E-state index is 12.9. The molecule has 2 N–H and O–H groups in total. The molecule has 9 heteroatoms. The SMILES string of the molecule is Cc1cc2c(cc1S(=O)(=O)Nc1ccc3c(c1)C(=O)N(C)C3)OCC(=O)N2. The quantitative estimate of drug-likeness (QED) is 0.834. The molecule has 8 nitrogen and oxygen atoms in total. The summed E-state index contributed by atoms with van der Waals surface area (Å²) in [5, 5.41) is 2.64. The summed E-state index contributed by atoms with van der Waals surface area (Å²) in [6.07, 6.45) is 0. The fourth-order valence-electron chi connectivity index (χ4n) is 3.23. The molecule has 0 aromatic heterocycles. The highest BCUT2D eigenvalue weighted by atomic mass is 32.2. The Balaban J connectivity index is 1.67. The van der Waals surface area contributed by atoms with Gasteiger partial charge in [0.25, 0.3) is 21.8 Å². The van der Waals surface area contributed by atoms with Gasteiger partial charge in [-0.2, -0.15) is 0 Å². The molecule has 0 radical (unpaired) electrons. The van der Waals surface area contributed by atoms with E-state index in [-0.39, 0.29) is 23.3 Å². The Bertz CT molecular complexity index is 1090. The van der Waals surface area contributed by atoms with Gasteiger partial charge in [-0.1, -0.05) is 6.07 Å². The molecule has 2 aliphatic rings. The van der Waals surface area contributed by atoms with Crippen LogP contribution in [0.15, 0.2) is 35.2 Å². The number of hydrogen-bond donors (Lipinski definition) is 2. The van der Waals surface area contributed by atoms with Crippen LogP contribution in [0, 0.1) is 6.92 Å². The van der Waals surface area contributed by atoms with Crippen LogP contribution in [0.3, 0.4) is 0 Å². The minimum absolute atomic E-state index is 0.0429. The number of fused-ring (bicyclic) bond motifs is 2. The molecule has 2 amide bonds. The van der Waals surface area contributed by atoms with E-state index in [1.807, 2.05) is 0 Å². The molecule has 2 heterocycles. The van der Waals surface area contributed by atoms with Crippen LogP contribution in [-0.2, 0) is 21.4 Å². The Hall–Kier alpha value is -3.07. The average Bonchev–Trinajstić information content (AvgIpc) is 2.88. The third-order valence-electron chi connectivity index (χ3n) is 4.55.